The molecule has 1 aliphatic rings. The molecule has 0 bridgehead atoms. The number of rotatable bonds is 1. The Morgan fingerprint density at radius 3 is 2.14 bits per heavy atom. The van der Waals surface area contributed by atoms with Crippen molar-refractivity contribution in [3.05, 3.63) is 102 Å². The standard InChI is InChI=1S/C26H16ClOP/c27-17-14-15-21-23(16-17)19-10-4-5-11-20(19)25-22-12-6-7-13-24(22)29(28,26(21)25)18-8-2-1-3-9-18/h1-16H/t29-/m0/s1. The highest BCUT2D eigenvalue weighted by molar-refractivity contribution is 7.87. The summed E-state index contributed by atoms with van der Waals surface area (Å²) in [4.78, 5) is 0. The lowest BCUT2D eigenvalue weighted by molar-refractivity contribution is 0.593. The van der Waals surface area contributed by atoms with Crippen LogP contribution in [0.4, 0.5) is 0 Å². The van der Waals surface area contributed by atoms with Gasteiger partial charge in [-0.25, -0.2) is 0 Å². The highest BCUT2D eigenvalue weighted by atomic mass is 35.5. The molecule has 0 saturated heterocycles. The number of halogens is 1. The van der Waals surface area contributed by atoms with Gasteiger partial charge < -0.3 is 4.57 Å². The summed E-state index contributed by atoms with van der Waals surface area (Å²) in [7, 11) is -3.01. The summed E-state index contributed by atoms with van der Waals surface area (Å²) in [5, 5.41) is 7.76. The van der Waals surface area contributed by atoms with Gasteiger partial charge in [0.2, 0.25) is 0 Å². The van der Waals surface area contributed by atoms with Gasteiger partial charge in [0.1, 0.15) is 0 Å². The zero-order valence-corrected chi connectivity index (χ0v) is 17.1. The van der Waals surface area contributed by atoms with Gasteiger partial charge in [0, 0.05) is 26.5 Å². The molecular weight excluding hydrogens is 395 g/mol. The fourth-order valence-corrected chi connectivity index (χ4v) is 8.18. The molecule has 0 aliphatic carbocycles. The van der Waals surface area contributed by atoms with Crippen LogP contribution in [0.2, 0.25) is 5.02 Å². The second kappa shape index (κ2) is 6.07. The van der Waals surface area contributed by atoms with E-state index in [1.54, 1.807) is 0 Å². The first-order valence-corrected chi connectivity index (χ1v) is 11.7. The van der Waals surface area contributed by atoms with Crippen molar-refractivity contribution in [2.75, 3.05) is 0 Å². The van der Waals surface area contributed by atoms with Crippen LogP contribution in [0.1, 0.15) is 0 Å². The molecule has 1 atom stereocenters. The fraction of sp³-hybridized carbons (Fsp3) is 0. The minimum atomic E-state index is -3.01. The molecule has 0 unspecified atom stereocenters. The summed E-state index contributed by atoms with van der Waals surface area (Å²) in [5.41, 5.74) is 2.17. The second-order valence-corrected chi connectivity index (χ2v) is 10.5. The Balaban J connectivity index is 1.92. The maximum Gasteiger partial charge on any atom is 0.172 e. The molecule has 6 rings (SSSR count). The number of hydrogen-bond acceptors (Lipinski definition) is 1. The van der Waals surface area contributed by atoms with E-state index in [2.05, 4.69) is 18.2 Å². The molecule has 5 aromatic rings. The Kier molecular flexibility index (Phi) is 3.56. The lowest BCUT2D eigenvalue weighted by atomic mass is 9.93. The van der Waals surface area contributed by atoms with Gasteiger partial charge in [-0.3, -0.25) is 0 Å². The van der Waals surface area contributed by atoms with Crippen molar-refractivity contribution in [1.82, 2.24) is 0 Å². The summed E-state index contributed by atoms with van der Waals surface area (Å²) in [6, 6.07) is 32.3. The van der Waals surface area contributed by atoms with Gasteiger partial charge in [0.25, 0.3) is 0 Å². The van der Waals surface area contributed by atoms with E-state index < -0.39 is 7.14 Å². The summed E-state index contributed by atoms with van der Waals surface area (Å²) in [6.07, 6.45) is 0. The highest BCUT2D eigenvalue weighted by Crippen LogP contribution is 2.55. The molecule has 3 heteroatoms. The smallest absolute Gasteiger partial charge is 0.172 e. The lowest BCUT2D eigenvalue weighted by Crippen LogP contribution is -2.21. The largest absolute Gasteiger partial charge is 0.309 e. The van der Waals surface area contributed by atoms with Crippen LogP contribution < -0.4 is 15.9 Å². The molecule has 29 heavy (non-hydrogen) atoms. The molecule has 0 saturated carbocycles. The van der Waals surface area contributed by atoms with Crippen molar-refractivity contribution < 1.29 is 4.57 Å². The zero-order chi connectivity index (χ0) is 19.6. The maximum absolute atomic E-state index is 15.0. The third kappa shape index (κ3) is 2.20. The van der Waals surface area contributed by atoms with E-state index in [0.29, 0.717) is 5.02 Å². The van der Waals surface area contributed by atoms with E-state index >= 15 is 0 Å². The third-order valence-electron chi connectivity index (χ3n) is 5.91. The topological polar surface area (TPSA) is 17.1 Å². The first kappa shape index (κ1) is 17.0. The SMILES string of the molecule is O=[P@@]1(c2ccccc2)c2ccccc2-c2c1c1ccc(Cl)cc1c1ccccc21. The molecule has 5 aromatic carbocycles. The minimum Gasteiger partial charge on any atom is -0.309 e. The Labute approximate surface area is 173 Å². The van der Waals surface area contributed by atoms with Crippen molar-refractivity contribution in [2.45, 2.75) is 0 Å². The molecule has 0 radical (unpaired) electrons. The van der Waals surface area contributed by atoms with E-state index in [1.807, 2.05) is 78.9 Å². The molecular formula is C26H16ClOP. The molecule has 0 N–H and O–H groups in total. The van der Waals surface area contributed by atoms with E-state index in [4.69, 9.17) is 11.6 Å². The van der Waals surface area contributed by atoms with Crippen molar-refractivity contribution in [3.8, 4) is 11.1 Å². The molecule has 1 heterocycles. The number of hydrogen-bond donors (Lipinski definition) is 0. The van der Waals surface area contributed by atoms with E-state index in [1.165, 1.54) is 0 Å². The van der Waals surface area contributed by atoms with Crippen LogP contribution in [-0.2, 0) is 4.57 Å². The van der Waals surface area contributed by atoms with E-state index in [9.17, 15) is 4.57 Å². The van der Waals surface area contributed by atoms with Crippen LogP contribution in [0.25, 0.3) is 32.7 Å². The summed E-state index contributed by atoms with van der Waals surface area (Å²) in [6.45, 7) is 0. The first-order chi connectivity index (χ1) is 14.2. The van der Waals surface area contributed by atoms with E-state index in [0.717, 1.165) is 48.6 Å². The van der Waals surface area contributed by atoms with Gasteiger partial charge in [-0.05, 0) is 39.2 Å². The Morgan fingerprint density at radius 1 is 0.621 bits per heavy atom. The van der Waals surface area contributed by atoms with Gasteiger partial charge in [-0.2, -0.15) is 0 Å². The summed E-state index contributed by atoms with van der Waals surface area (Å²) < 4.78 is 15.0. The van der Waals surface area contributed by atoms with Gasteiger partial charge in [0.05, 0.1) is 0 Å². The van der Waals surface area contributed by atoms with Crippen molar-refractivity contribution in [2.24, 2.45) is 0 Å². The average molecular weight is 411 g/mol. The average Bonchev–Trinajstić information content (AvgIpc) is 3.05. The molecule has 0 amide bonds. The van der Waals surface area contributed by atoms with Crippen molar-refractivity contribution >= 4 is 56.2 Å². The second-order valence-electron chi connectivity index (χ2n) is 7.42. The Bertz CT molecular complexity index is 1490. The lowest BCUT2D eigenvalue weighted by Gasteiger charge is -2.19. The highest BCUT2D eigenvalue weighted by Gasteiger charge is 2.42. The third-order valence-corrected chi connectivity index (χ3v) is 9.33. The van der Waals surface area contributed by atoms with Gasteiger partial charge in [0.15, 0.2) is 7.14 Å². The fourth-order valence-electron chi connectivity index (χ4n) is 4.73. The van der Waals surface area contributed by atoms with Crippen LogP contribution in [-0.4, -0.2) is 0 Å². The predicted octanol–water partition coefficient (Wildman–Crippen LogP) is 6.27. The summed E-state index contributed by atoms with van der Waals surface area (Å²) >= 11 is 6.38. The molecule has 1 aliphatic heterocycles. The van der Waals surface area contributed by atoms with Crippen LogP contribution in [0.3, 0.4) is 0 Å². The van der Waals surface area contributed by atoms with Crippen LogP contribution >= 0.6 is 18.7 Å². The van der Waals surface area contributed by atoms with Crippen LogP contribution in [0.5, 0.6) is 0 Å². The van der Waals surface area contributed by atoms with E-state index in [-0.39, 0.29) is 0 Å². The molecule has 0 spiro atoms. The summed E-state index contributed by atoms with van der Waals surface area (Å²) in [5.74, 6) is 0. The molecule has 0 fully saturated rings. The quantitative estimate of drug-likeness (QED) is 0.231. The molecule has 138 valence electrons. The number of fused-ring (bicyclic) bond motifs is 8. The molecule has 1 nitrogen and oxygen atoms in total. The van der Waals surface area contributed by atoms with Gasteiger partial charge >= 0.3 is 0 Å². The van der Waals surface area contributed by atoms with Crippen molar-refractivity contribution in [1.29, 1.82) is 0 Å². The predicted molar refractivity (Wildman–Crippen MR) is 125 cm³/mol. The Hall–Kier alpha value is -2.86. The number of benzene rings is 5. The maximum atomic E-state index is 15.0. The molecule has 0 aromatic heterocycles. The van der Waals surface area contributed by atoms with Crippen LogP contribution in [0, 0.1) is 0 Å². The van der Waals surface area contributed by atoms with Crippen LogP contribution in [0.15, 0.2) is 97.1 Å². The zero-order valence-electron chi connectivity index (χ0n) is 15.5. The van der Waals surface area contributed by atoms with Crippen molar-refractivity contribution in [3.63, 3.8) is 0 Å². The monoisotopic (exact) mass is 410 g/mol. The first-order valence-electron chi connectivity index (χ1n) is 9.60. The van der Waals surface area contributed by atoms with Gasteiger partial charge in [-0.1, -0.05) is 96.5 Å². The Morgan fingerprint density at radius 2 is 1.31 bits per heavy atom. The minimum absolute atomic E-state index is 0.688. The normalized spacial score (nSPS) is 17.4. The van der Waals surface area contributed by atoms with Gasteiger partial charge in [-0.15, -0.1) is 0 Å².